The van der Waals surface area contributed by atoms with Crippen LogP contribution in [0.4, 0.5) is 0 Å². The molecule has 0 radical (unpaired) electrons. The third-order valence-corrected chi connectivity index (χ3v) is 4.53. The molecule has 5 heteroatoms. The van der Waals surface area contributed by atoms with Crippen molar-refractivity contribution in [2.45, 2.75) is 6.42 Å². The molecule has 1 aromatic carbocycles. The molecule has 2 atom stereocenters. The van der Waals surface area contributed by atoms with Crippen LogP contribution in [0.15, 0.2) is 18.2 Å². The molecule has 1 aromatic rings. The normalized spacial score (nSPS) is 26.9. The Morgan fingerprint density at radius 1 is 1.20 bits per heavy atom. The van der Waals surface area contributed by atoms with Crippen LogP contribution in [-0.4, -0.2) is 43.8 Å². The van der Waals surface area contributed by atoms with Crippen LogP contribution < -0.4 is 14.8 Å². The Morgan fingerprint density at radius 2 is 1.95 bits per heavy atom. The number of benzene rings is 1. The predicted octanol–water partition coefficient (Wildman–Crippen LogP) is 0.636. The van der Waals surface area contributed by atoms with E-state index in [1.807, 2.05) is 23.1 Å². The first kappa shape index (κ1) is 12.0. The Hall–Kier alpha value is -1.75. The summed E-state index contributed by atoms with van der Waals surface area (Å²) in [5, 5.41) is 3.39. The second-order valence-electron chi connectivity index (χ2n) is 5.84. The van der Waals surface area contributed by atoms with Crippen molar-refractivity contribution >= 4 is 5.91 Å². The van der Waals surface area contributed by atoms with Gasteiger partial charge in [-0.3, -0.25) is 4.79 Å². The van der Waals surface area contributed by atoms with Crippen molar-refractivity contribution < 1.29 is 14.3 Å². The molecule has 3 aliphatic rings. The average Bonchev–Trinajstić information content (AvgIpc) is 3.12. The highest BCUT2D eigenvalue weighted by molar-refractivity contribution is 5.79. The molecular weight excluding hydrogens is 256 g/mol. The molecule has 4 rings (SSSR count). The molecule has 0 spiro atoms. The van der Waals surface area contributed by atoms with Crippen molar-refractivity contribution in [2.75, 3.05) is 33.0 Å². The molecule has 2 saturated heterocycles. The number of amides is 1. The number of nitrogens with one attached hydrogen (secondary N) is 1. The maximum absolute atomic E-state index is 12.4. The van der Waals surface area contributed by atoms with Gasteiger partial charge in [-0.2, -0.15) is 0 Å². The second kappa shape index (κ2) is 4.66. The molecule has 5 nitrogen and oxygen atoms in total. The maximum Gasteiger partial charge on any atom is 0.231 e. The summed E-state index contributed by atoms with van der Waals surface area (Å²) >= 11 is 0. The van der Waals surface area contributed by atoms with E-state index in [-0.39, 0.29) is 12.7 Å². The number of hydrogen-bond acceptors (Lipinski definition) is 4. The fraction of sp³-hybridized carbons (Fsp3) is 0.533. The van der Waals surface area contributed by atoms with Crippen LogP contribution in [0.25, 0.3) is 0 Å². The third-order valence-electron chi connectivity index (χ3n) is 4.53. The number of hydrogen-bond donors (Lipinski definition) is 1. The highest BCUT2D eigenvalue weighted by Gasteiger charge is 2.37. The molecular formula is C15H18N2O3. The summed E-state index contributed by atoms with van der Waals surface area (Å²) in [4.78, 5) is 14.4. The van der Waals surface area contributed by atoms with E-state index < -0.39 is 0 Å². The zero-order chi connectivity index (χ0) is 13.5. The van der Waals surface area contributed by atoms with Crippen molar-refractivity contribution in [3.63, 3.8) is 0 Å². The lowest BCUT2D eigenvalue weighted by molar-refractivity contribution is -0.129. The lowest BCUT2D eigenvalue weighted by Gasteiger charge is -2.17. The quantitative estimate of drug-likeness (QED) is 0.859. The van der Waals surface area contributed by atoms with E-state index in [4.69, 9.17) is 9.47 Å². The van der Waals surface area contributed by atoms with Crippen LogP contribution in [-0.2, 0) is 11.2 Å². The highest BCUT2D eigenvalue weighted by atomic mass is 16.7. The lowest BCUT2D eigenvalue weighted by Crippen LogP contribution is -2.32. The molecule has 3 aliphatic heterocycles. The van der Waals surface area contributed by atoms with Gasteiger partial charge in [0, 0.05) is 26.2 Å². The fourth-order valence-corrected chi connectivity index (χ4v) is 3.40. The van der Waals surface area contributed by atoms with Crippen molar-refractivity contribution in [2.24, 2.45) is 11.8 Å². The molecule has 0 saturated carbocycles. The summed E-state index contributed by atoms with van der Waals surface area (Å²) in [7, 11) is 0. The fourth-order valence-electron chi connectivity index (χ4n) is 3.40. The SMILES string of the molecule is O=C(Cc1ccc2c(c1)OCO2)N1C[C@H]2CNC[C@H]2C1. The Labute approximate surface area is 117 Å². The first-order valence-electron chi connectivity index (χ1n) is 7.16. The molecule has 1 amide bonds. The Kier molecular flexibility index (Phi) is 2.80. The molecule has 0 aromatic heterocycles. The van der Waals surface area contributed by atoms with Gasteiger partial charge in [0.2, 0.25) is 12.7 Å². The zero-order valence-electron chi connectivity index (χ0n) is 11.3. The largest absolute Gasteiger partial charge is 0.454 e. The maximum atomic E-state index is 12.4. The molecule has 0 aliphatic carbocycles. The van der Waals surface area contributed by atoms with E-state index in [9.17, 15) is 4.79 Å². The van der Waals surface area contributed by atoms with Gasteiger partial charge < -0.3 is 19.7 Å². The van der Waals surface area contributed by atoms with Gasteiger partial charge in [-0.25, -0.2) is 0 Å². The van der Waals surface area contributed by atoms with Crippen LogP contribution in [0.3, 0.4) is 0 Å². The van der Waals surface area contributed by atoms with Gasteiger partial charge in [0.1, 0.15) is 0 Å². The van der Waals surface area contributed by atoms with Crippen molar-refractivity contribution in [1.29, 1.82) is 0 Å². The van der Waals surface area contributed by atoms with E-state index in [1.54, 1.807) is 0 Å². The first-order valence-corrected chi connectivity index (χ1v) is 7.16. The van der Waals surface area contributed by atoms with E-state index in [0.29, 0.717) is 18.3 Å². The minimum Gasteiger partial charge on any atom is -0.454 e. The second-order valence-corrected chi connectivity index (χ2v) is 5.84. The summed E-state index contributed by atoms with van der Waals surface area (Å²) < 4.78 is 10.6. The molecule has 1 N–H and O–H groups in total. The topological polar surface area (TPSA) is 50.8 Å². The van der Waals surface area contributed by atoms with Crippen LogP contribution in [0.1, 0.15) is 5.56 Å². The van der Waals surface area contributed by atoms with Crippen molar-refractivity contribution in [3.8, 4) is 11.5 Å². The number of nitrogens with zero attached hydrogens (tertiary/aromatic N) is 1. The van der Waals surface area contributed by atoms with Gasteiger partial charge >= 0.3 is 0 Å². The predicted molar refractivity (Wildman–Crippen MR) is 72.7 cm³/mol. The number of rotatable bonds is 2. The van der Waals surface area contributed by atoms with Gasteiger partial charge in [0.25, 0.3) is 0 Å². The number of carbonyl (C=O) groups excluding carboxylic acids is 1. The number of ether oxygens (including phenoxy) is 2. The Balaban J connectivity index is 1.43. The Bertz CT molecular complexity index is 534. The zero-order valence-corrected chi connectivity index (χ0v) is 11.3. The summed E-state index contributed by atoms with van der Waals surface area (Å²) in [6.45, 7) is 4.19. The first-order chi connectivity index (χ1) is 9.79. The van der Waals surface area contributed by atoms with Gasteiger partial charge in [-0.05, 0) is 29.5 Å². The molecule has 2 fully saturated rings. The number of likely N-dealkylation sites (tertiary alicyclic amines) is 1. The minimum atomic E-state index is 0.221. The van der Waals surface area contributed by atoms with Crippen LogP contribution in [0, 0.1) is 11.8 Å². The van der Waals surface area contributed by atoms with Gasteiger partial charge in [-0.1, -0.05) is 6.07 Å². The van der Waals surface area contributed by atoms with E-state index >= 15 is 0 Å². The lowest BCUT2D eigenvalue weighted by atomic mass is 10.0. The minimum absolute atomic E-state index is 0.221. The standard InChI is InChI=1S/C15H18N2O3/c18-15(17-7-11-5-16-6-12(11)8-17)4-10-1-2-13-14(3-10)20-9-19-13/h1-3,11-12,16H,4-9H2/t11-,12+. The summed E-state index contributed by atoms with van der Waals surface area (Å²) in [5.41, 5.74) is 0.995. The highest BCUT2D eigenvalue weighted by Crippen LogP contribution is 2.33. The van der Waals surface area contributed by atoms with Crippen LogP contribution in [0.5, 0.6) is 11.5 Å². The van der Waals surface area contributed by atoms with Crippen LogP contribution in [0.2, 0.25) is 0 Å². The van der Waals surface area contributed by atoms with Gasteiger partial charge in [0.05, 0.1) is 6.42 Å². The van der Waals surface area contributed by atoms with E-state index in [1.165, 1.54) is 0 Å². The Morgan fingerprint density at radius 3 is 2.75 bits per heavy atom. The van der Waals surface area contributed by atoms with Crippen molar-refractivity contribution in [3.05, 3.63) is 23.8 Å². The summed E-state index contributed by atoms with van der Waals surface area (Å²) in [5.74, 6) is 3.03. The van der Waals surface area contributed by atoms with Crippen molar-refractivity contribution in [1.82, 2.24) is 10.2 Å². The molecule has 0 unspecified atom stereocenters. The third kappa shape index (κ3) is 2.02. The summed E-state index contributed by atoms with van der Waals surface area (Å²) in [6.07, 6.45) is 0.448. The van der Waals surface area contributed by atoms with E-state index in [0.717, 1.165) is 43.2 Å². The number of carbonyl (C=O) groups is 1. The average molecular weight is 274 g/mol. The molecule has 0 bridgehead atoms. The van der Waals surface area contributed by atoms with Crippen LogP contribution >= 0.6 is 0 Å². The van der Waals surface area contributed by atoms with E-state index in [2.05, 4.69) is 5.32 Å². The summed E-state index contributed by atoms with van der Waals surface area (Å²) in [6, 6.07) is 5.75. The monoisotopic (exact) mass is 274 g/mol. The van der Waals surface area contributed by atoms with Gasteiger partial charge in [-0.15, -0.1) is 0 Å². The molecule has 106 valence electrons. The molecule has 3 heterocycles. The smallest absolute Gasteiger partial charge is 0.231 e. The molecule has 20 heavy (non-hydrogen) atoms. The number of fused-ring (bicyclic) bond motifs is 2. The van der Waals surface area contributed by atoms with Gasteiger partial charge in [0.15, 0.2) is 11.5 Å².